The molecule has 2 atom stereocenters. The fourth-order valence-electron chi connectivity index (χ4n) is 1.97. The van der Waals surface area contributed by atoms with Crippen molar-refractivity contribution >= 4 is 9.28 Å². The third-order valence-electron chi connectivity index (χ3n) is 3.29. The Bertz CT molecular complexity index is 165. The van der Waals surface area contributed by atoms with Gasteiger partial charge in [-0.05, 0) is 18.4 Å². The van der Waals surface area contributed by atoms with Gasteiger partial charge in [0.1, 0.15) is 6.17 Å². The van der Waals surface area contributed by atoms with E-state index < -0.39 is 15.5 Å². The zero-order chi connectivity index (χ0) is 13.1. The molecule has 2 nitrogen and oxygen atoms in total. The van der Waals surface area contributed by atoms with Crippen molar-refractivity contribution < 1.29 is 13.2 Å². The van der Waals surface area contributed by atoms with Crippen LogP contribution in [0.2, 0.25) is 6.04 Å². The van der Waals surface area contributed by atoms with Crippen LogP contribution in [0.3, 0.4) is 0 Å². The van der Waals surface area contributed by atoms with Crippen molar-refractivity contribution in [2.45, 2.75) is 64.6 Å². The fraction of sp³-hybridized carbons (Fsp3) is 1.00. The molecule has 0 aromatic heterocycles. The average molecular weight is 264 g/mol. The van der Waals surface area contributed by atoms with Gasteiger partial charge in [-0.3, -0.25) is 0 Å². The highest BCUT2D eigenvalue weighted by Crippen LogP contribution is 2.21. The van der Waals surface area contributed by atoms with Crippen LogP contribution < -0.4 is 0 Å². The summed E-state index contributed by atoms with van der Waals surface area (Å²) < 4.78 is 24.3. The molecule has 0 aliphatic carbocycles. The molecule has 0 saturated carbocycles. The van der Waals surface area contributed by atoms with Crippen LogP contribution in [0.5, 0.6) is 0 Å². The molecule has 0 fully saturated rings. The number of halogens is 1. The van der Waals surface area contributed by atoms with Crippen LogP contribution in [0.15, 0.2) is 0 Å². The summed E-state index contributed by atoms with van der Waals surface area (Å²) in [5.41, 5.74) is 0. The van der Waals surface area contributed by atoms with Gasteiger partial charge in [-0.25, -0.2) is 4.39 Å². The quantitative estimate of drug-likeness (QED) is 0.417. The Kier molecular flexibility index (Phi) is 11.2. The standard InChI is InChI=1S/C13H29FO2Si/c1-5-6-7-8-9-10-13(14)12(2)11-17(15-3)16-4/h12-13,17H,5-11H2,1-4H3. The van der Waals surface area contributed by atoms with E-state index in [-0.39, 0.29) is 5.92 Å². The molecule has 0 spiro atoms. The van der Waals surface area contributed by atoms with E-state index >= 15 is 0 Å². The second-order valence-corrected chi connectivity index (χ2v) is 7.11. The van der Waals surface area contributed by atoms with Crippen molar-refractivity contribution in [3.63, 3.8) is 0 Å². The second kappa shape index (κ2) is 11.2. The minimum absolute atomic E-state index is 0.0674. The van der Waals surface area contributed by atoms with Gasteiger partial charge in [-0.15, -0.1) is 0 Å². The second-order valence-electron chi connectivity index (χ2n) is 4.83. The molecule has 0 aliphatic heterocycles. The van der Waals surface area contributed by atoms with Crippen LogP contribution >= 0.6 is 0 Å². The molecular weight excluding hydrogens is 235 g/mol. The molecule has 104 valence electrons. The Morgan fingerprint density at radius 3 is 2.18 bits per heavy atom. The third-order valence-corrected chi connectivity index (χ3v) is 5.47. The number of hydrogen-bond acceptors (Lipinski definition) is 2. The summed E-state index contributed by atoms with van der Waals surface area (Å²) in [4.78, 5) is 0. The predicted molar refractivity (Wildman–Crippen MR) is 73.4 cm³/mol. The van der Waals surface area contributed by atoms with Gasteiger partial charge >= 0.3 is 9.28 Å². The van der Waals surface area contributed by atoms with Gasteiger partial charge in [0.15, 0.2) is 0 Å². The highest BCUT2D eigenvalue weighted by atomic mass is 28.3. The van der Waals surface area contributed by atoms with Gasteiger partial charge in [0.25, 0.3) is 0 Å². The molecule has 0 aromatic rings. The van der Waals surface area contributed by atoms with Crippen molar-refractivity contribution in [1.29, 1.82) is 0 Å². The summed E-state index contributed by atoms with van der Waals surface area (Å²) in [6.45, 7) is 4.16. The lowest BCUT2D eigenvalue weighted by molar-refractivity contribution is 0.211. The maximum atomic E-state index is 13.8. The monoisotopic (exact) mass is 264 g/mol. The maximum absolute atomic E-state index is 13.8. The minimum atomic E-state index is -1.60. The summed E-state index contributed by atoms with van der Waals surface area (Å²) in [5, 5.41) is 0. The SMILES string of the molecule is CCCCCCCC(F)C(C)C[SiH](OC)OC. The Labute approximate surface area is 108 Å². The predicted octanol–water partition coefficient (Wildman–Crippen LogP) is 3.83. The minimum Gasteiger partial charge on any atom is -0.400 e. The van der Waals surface area contributed by atoms with E-state index in [0.29, 0.717) is 6.42 Å². The Balaban J connectivity index is 3.62. The first-order valence-corrected chi connectivity index (χ1v) is 8.61. The number of unbranched alkanes of at least 4 members (excludes halogenated alkanes) is 4. The van der Waals surface area contributed by atoms with Crippen molar-refractivity contribution in [2.24, 2.45) is 5.92 Å². The number of alkyl halides is 1. The van der Waals surface area contributed by atoms with Crippen LogP contribution in [0.4, 0.5) is 4.39 Å². The highest BCUT2D eigenvalue weighted by molar-refractivity contribution is 6.44. The lowest BCUT2D eigenvalue weighted by Crippen LogP contribution is -2.25. The van der Waals surface area contributed by atoms with E-state index in [2.05, 4.69) is 6.92 Å². The van der Waals surface area contributed by atoms with E-state index in [1.807, 2.05) is 6.92 Å². The average Bonchev–Trinajstić information content (AvgIpc) is 2.35. The molecule has 0 aromatic carbocycles. The molecular formula is C13H29FO2Si. The fourth-order valence-corrected chi connectivity index (χ4v) is 3.45. The Morgan fingerprint density at radius 1 is 1.06 bits per heavy atom. The van der Waals surface area contributed by atoms with Crippen molar-refractivity contribution in [3.05, 3.63) is 0 Å². The molecule has 0 rings (SSSR count). The summed E-state index contributed by atoms with van der Waals surface area (Å²) in [6, 6.07) is 0.767. The maximum Gasteiger partial charge on any atom is 0.321 e. The van der Waals surface area contributed by atoms with Crippen molar-refractivity contribution in [3.8, 4) is 0 Å². The number of rotatable bonds is 11. The van der Waals surface area contributed by atoms with Gasteiger partial charge in [-0.1, -0.05) is 46.0 Å². The first kappa shape index (κ1) is 17.1. The van der Waals surface area contributed by atoms with Gasteiger partial charge in [0.05, 0.1) is 0 Å². The lowest BCUT2D eigenvalue weighted by Gasteiger charge is -2.19. The van der Waals surface area contributed by atoms with E-state index in [1.54, 1.807) is 14.2 Å². The smallest absolute Gasteiger partial charge is 0.321 e. The molecule has 0 amide bonds. The number of hydrogen-bond donors (Lipinski definition) is 0. The van der Waals surface area contributed by atoms with Gasteiger partial charge in [-0.2, -0.15) is 0 Å². The van der Waals surface area contributed by atoms with E-state index in [4.69, 9.17) is 8.85 Å². The van der Waals surface area contributed by atoms with E-state index in [0.717, 1.165) is 18.9 Å². The summed E-state index contributed by atoms with van der Waals surface area (Å²) in [6.07, 6.45) is 5.93. The first-order valence-electron chi connectivity index (χ1n) is 6.85. The van der Waals surface area contributed by atoms with Crippen molar-refractivity contribution in [2.75, 3.05) is 14.2 Å². The third kappa shape index (κ3) is 8.75. The zero-order valence-corrected chi connectivity index (χ0v) is 13.0. The molecule has 0 saturated heterocycles. The van der Waals surface area contributed by atoms with Crippen LogP contribution in [0.25, 0.3) is 0 Å². The Hall–Kier alpha value is 0.0669. The van der Waals surface area contributed by atoms with Gasteiger partial charge in [0.2, 0.25) is 0 Å². The molecule has 2 unspecified atom stereocenters. The molecule has 0 aliphatic rings. The highest BCUT2D eigenvalue weighted by Gasteiger charge is 2.22. The zero-order valence-electron chi connectivity index (χ0n) is 11.9. The molecule has 17 heavy (non-hydrogen) atoms. The van der Waals surface area contributed by atoms with Crippen LogP contribution in [-0.2, 0) is 8.85 Å². The van der Waals surface area contributed by atoms with Crippen LogP contribution in [0.1, 0.15) is 52.4 Å². The largest absolute Gasteiger partial charge is 0.400 e. The summed E-state index contributed by atoms with van der Waals surface area (Å²) in [5.74, 6) is 0.0674. The lowest BCUT2D eigenvalue weighted by atomic mass is 10.0. The van der Waals surface area contributed by atoms with Gasteiger partial charge < -0.3 is 8.85 Å². The van der Waals surface area contributed by atoms with Crippen LogP contribution in [-0.4, -0.2) is 29.7 Å². The van der Waals surface area contributed by atoms with Crippen molar-refractivity contribution in [1.82, 2.24) is 0 Å². The molecule has 0 N–H and O–H groups in total. The normalized spacial score (nSPS) is 15.2. The Morgan fingerprint density at radius 2 is 1.65 bits per heavy atom. The van der Waals surface area contributed by atoms with E-state index in [9.17, 15) is 4.39 Å². The van der Waals surface area contributed by atoms with E-state index in [1.165, 1.54) is 19.3 Å². The van der Waals surface area contributed by atoms with Gasteiger partial charge in [0, 0.05) is 14.2 Å². The summed E-state index contributed by atoms with van der Waals surface area (Å²) in [7, 11) is 1.72. The topological polar surface area (TPSA) is 18.5 Å². The molecule has 4 heteroatoms. The molecule has 0 radical (unpaired) electrons. The first-order chi connectivity index (χ1) is 8.15. The molecule has 0 bridgehead atoms. The molecule has 0 heterocycles. The van der Waals surface area contributed by atoms with Crippen LogP contribution in [0, 0.1) is 5.92 Å². The summed E-state index contributed by atoms with van der Waals surface area (Å²) >= 11 is 0.